The molecule has 8 heavy (non-hydrogen) atoms. The Morgan fingerprint density at radius 1 is 0.625 bits per heavy atom. The summed E-state index contributed by atoms with van der Waals surface area (Å²) in [5, 5.41) is 0. The van der Waals surface area contributed by atoms with Crippen molar-refractivity contribution in [3.63, 3.8) is 0 Å². The summed E-state index contributed by atoms with van der Waals surface area (Å²) in [5.74, 6) is 0. The monoisotopic (exact) mass is 530 g/mol. The predicted molar refractivity (Wildman–Crippen MR) is 14.5 cm³/mol. The summed E-state index contributed by atoms with van der Waals surface area (Å²) in [6, 6.07) is 0. The quantitative estimate of drug-likeness (QED) is 0.311. The summed E-state index contributed by atoms with van der Waals surface area (Å²) >= 11 is 0. The van der Waals surface area contributed by atoms with Crippen molar-refractivity contribution in [1.29, 1.82) is 0 Å². The van der Waals surface area contributed by atoms with Gasteiger partial charge in [-0.2, -0.15) is 0 Å². The van der Waals surface area contributed by atoms with Crippen molar-refractivity contribution < 1.29 is 158 Å². The van der Waals surface area contributed by atoms with Crippen LogP contribution < -0.4 is 0 Å². The molecule has 0 aromatic carbocycles. The molecule has 0 aromatic heterocycles. The van der Waals surface area contributed by atoms with Crippen LogP contribution >= 0.6 is 0 Å². The van der Waals surface area contributed by atoms with E-state index in [0.29, 0.717) is 0 Å². The zero-order valence-corrected chi connectivity index (χ0v) is 16.2. The molecule has 46 valence electrons. The maximum atomic E-state index is 0. The summed E-state index contributed by atoms with van der Waals surface area (Å²) in [6.45, 7) is 0. The third kappa shape index (κ3) is 47.5. The Morgan fingerprint density at radius 2 is 0.625 bits per heavy atom. The smallest absolute Gasteiger partial charge is 0 e. The van der Waals surface area contributed by atoms with Gasteiger partial charge in [0.15, 0.2) is 0 Å². The van der Waals surface area contributed by atoms with E-state index in [-0.39, 0.29) is 158 Å². The molecule has 0 aromatic rings. The van der Waals surface area contributed by atoms with E-state index in [4.69, 9.17) is 0 Å². The van der Waals surface area contributed by atoms with E-state index in [2.05, 4.69) is 0 Å². The molecule has 0 unspecified atom stereocenters. The molecule has 0 amide bonds. The van der Waals surface area contributed by atoms with Gasteiger partial charge in [-0.1, -0.05) is 0 Å². The minimum Gasteiger partial charge on any atom is -0.412 e. The fraction of sp³-hybridized carbons (Fsp3) is 0. The van der Waals surface area contributed by atoms with Crippen LogP contribution in [0.15, 0.2) is 0 Å². The molecule has 8 heteroatoms. The van der Waals surface area contributed by atoms with E-state index in [1.807, 2.05) is 0 Å². The van der Waals surface area contributed by atoms with Crippen LogP contribution in [0.1, 0.15) is 0 Å². The average molecular weight is 531 g/mol. The third-order valence-corrected chi connectivity index (χ3v) is 0. The molecule has 0 fully saturated rings. The number of hydrogen-bond donors (Lipinski definition) is 0. The van der Waals surface area contributed by atoms with Crippen LogP contribution in [0.25, 0.3) is 0 Å². The summed E-state index contributed by atoms with van der Waals surface area (Å²) in [7, 11) is 0. The molecule has 4 nitrogen and oxygen atoms in total. The van der Waals surface area contributed by atoms with Crippen LogP contribution in [0, 0.1) is 77.3 Å². The Bertz CT molecular complexity index is 16.0. The van der Waals surface area contributed by atoms with Gasteiger partial charge in [0.2, 0.25) is 0 Å². The first-order valence-electron chi connectivity index (χ1n) is 0. The van der Waals surface area contributed by atoms with Crippen molar-refractivity contribution in [2.75, 3.05) is 0 Å². The van der Waals surface area contributed by atoms with E-state index in [9.17, 15) is 0 Å². The van der Waals surface area contributed by atoms with E-state index < -0.39 is 0 Å². The molecule has 8 N–H and O–H groups in total. The standard InChI is InChI=1S/Ce.La.4H2O.Y.Zr/h;;4*1H2;;. The van der Waals surface area contributed by atoms with Crippen molar-refractivity contribution >= 4 is 0 Å². The molecule has 0 saturated carbocycles. The molecule has 0 heterocycles. The van der Waals surface area contributed by atoms with E-state index >= 15 is 0 Å². The largest absolute Gasteiger partial charge is 0.412 e. The SMILES string of the molecule is O.O.O.O.[Ce].[La].[Y].[Zr]. The Balaban J connectivity index is 0. The topological polar surface area (TPSA) is 126 Å². The second-order valence-electron chi connectivity index (χ2n) is 0. The van der Waals surface area contributed by atoms with Crippen molar-refractivity contribution in [3.05, 3.63) is 0 Å². The predicted octanol–water partition coefficient (Wildman–Crippen LogP) is -3.30. The van der Waals surface area contributed by atoms with E-state index in [1.165, 1.54) is 0 Å². The third-order valence-electron chi connectivity index (χ3n) is 0. The molecule has 2 radical (unpaired) electrons. The summed E-state index contributed by atoms with van der Waals surface area (Å²) in [4.78, 5) is 0. The molecule has 0 bridgehead atoms. The summed E-state index contributed by atoms with van der Waals surface area (Å²) < 4.78 is 0. The Morgan fingerprint density at radius 3 is 0.625 bits per heavy atom. The van der Waals surface area contributed by atoms with Gasteiger partial charge in [0, 0.05) is 136 Å². The Hall–Kier alpha value is 4.40. The van der Waals surface area contributed by atoms with Gasteiger partial charge in [0.25, 0.3) is 0 Å². The van der Waals surface area contributed by atoms with Crippen LogP contribution in [0.5, 0.6) is 0 Å². The van der Waals surface area contributed by atoms with Gasteiger partial charge in [0.1, 0.15) is 0 Å². The maximum absolute atomic E-state index is 0. The van der Waals surface area contributed by atoms with Crippen molar-refractivity contribution in [2.24, 2.45) is 0 Å². The molecule has 0 aliphatic rings. The van der Waals surface area contributed by atoms with Crippen LogP contribution in [0.4, 0.5) is 0 Å². The van der Waals surface area contributed by atoms with Crippen LogP contribution in [0.3, 0.4) is 0 Å². The molecular formula is H8CeLaO4YZr. The first kappa shape index (κ1) is 83.3. The van der Waals surface area contributed by atoms with Gasteiger partial charge in [-0.3, -0.25) is 0 Å². The van der Waals surface area contributed by atoms with Crippen molar-refractivity contribution in [3.8, 4) is 0 Å². The second kappa shape index (κ2) is 63.7. The van der Waals surface area contributed by atoms with Gasteiger partial charge in [0.05, 0.1) is 0 Å². The molecule has 0 atom stereocenters. The number of hydrogen-bond acceptors (Lipinski definition) is 0. The second-order valence-corrected chi connectivity index (χ2v) is 0. The zero-order valence-electron chi connectivity index (χ0n) is 4.15. The molecular weight excluding hydrogens is 523 g/mol. The van der Waals surface area contributed by atoms with Crippen LogP contribution in [-0.4, -0.2) is 21.9 Å². The van der Waals surface area contributed by atoms with Crippen molar-refractivity contribution in [1.82, 2.24) is 0 Å². The Labute approximate surface area is 154 Å². The van der Waals surface area contributed by atoms with E-state index in [1.54, 1.807) is 0 Å². The van der Waals surface area contributed by atoms with Crippen LogP contribution in [-0.2, 0) is 58.9 Å². The average Bonchev–Trinajstić information content (AvgIpc) is 0. The first-order chi connectivity index (χ1) is 0. The molecule has 0 saturated heterocycles. The number of rotatable bonds is 0. The fourth-order valence-electron chi connectivity index (χ4n) is 0. The minimum atomic E-state index is 0. The van der Waals surface area contributed by atoms with Crippen LogP contribution in [0.2, 0.25) is 0 Å². The minimum absolute atomic E-state index is 0. The molecule has 0 spiro atoms. The summed E-state index contributed by atoms with van der Waals surface area (Å²) in [5.41, 5.74) is 0. The van der Waals surface area contributed by atoms with Gasteiger partial charge in [-0.15, -0.1) is 0 Å². The van der Waals surface area contributed by atoms with Gasteiger partial charge in [-0.25, -0.2) is 0 Å². The molecule has 0 rings (SSSR count). The maximum Gasteiger partial charge on any atom is 0 e. The molecule has 0 aliphatic carbocycles. The zero-order chi connectivity index (χ0) is 0. The van der Waals surface area contributed by atoms with Gasteiger partial charge >= 0.3 is 0 Å². The van der Waals surface area contributed by atoms with Gasteiger partial charge < -0.3 is 21.9 Å². The summed E-state index contributed by atoms with van der Waals surface area (Å²) in [6.07, 6.45) is 0. The fourth-order valence-corrected chi connectivity index (χ4v) is 0. The van der Waals surface area contributed by atoms with Crippen molar-refractivity contribution in [2.45, 2.75) is 0 Å². The normalized spacial score (nSPS) is 0. The van der Waals surface area contributed by atoms with Gasteiger partial charge in [-0.05, 0) is 0 Å². The molecule has 0 aliphatic heterocycles. The van der Waals surface area contributed by atoms with E-state index in [0.717, 1.165) is 0 Å². The first-order valence-corrected chi connectivity index (χ1v) is 0. The Kier molecular flexibility index (Phi) is 663.